The Morgan fingerprint density at radius 1 is 1.35 bits per heavy atom. The van der Waals surface area contributed by atoms with Crippen LogP contribution in [0.5, 0.6) is 11.5 Å². The van der Waals surface area contributed by atoms with Gasteiger partial charge >= 0.3 is 5.97 Å². The summed E-state index contributed by atoms with van der Waals surface area (Å²) in [6.07, 6.45) is 0.290. The minimum Gasteiger partial charge on any atom is -0.507 e. The Kier molecular flexibility index (Phi) is 4.96. The quantitative estimate of drug-likeness (QED) is 0.736. The number of hydrogen-bond acceptors (Lipinski definition) is 4. The van der Waals surface area contributed by atoms with Gasteiger partial charge in [0.05, 0.1) is 18.1 Å². The van der Waals surface area contributed by atoms with Crippen molar-refractivity contribution in [2.75, 3.05) is 13.7 Å². The number of benzene rings is 1. The second-order valence-corrected chi connectivity index (χ2v) is 5.08. The molecule has 0 aliphatic carbocycles. The minimum atomic E-state index is -0.920. The first kappa shape index (κ1) is 15.8. The summed E-state index contributed by atoms with van der Waals surface area (Å²) >= 11 is 0. The lowest BCUT2D eigenvalue weighted by molar-refractivity contribution is -0.147. The van der Waals surface area contributed by atoms with Crippen LogP contribution in [0.3, 0.4) is 0 Å². The third-order valence-corrected chi connectivity index (χ3v) is 3.06. The van der Waals surface area contributed by atoms with Gasteiger partial charge in [0.2, 0.25) is 0 Å². The van der Waals surface area contributed by atoms with Crippen LogP contribution in [0.4, 0.5) is 0 Å². The van der Waals surface area contributed by atoms with Gasteiger partial charge in [-0.05, 0) is 38.5 Å². The molecular formula is C14H19NO5. The van der Waals surface area contributed by atoms with Crippen LogP contribution in [0.25, 0.3) is 0 Å². The van der Waals surface area contributed by atoms with E-state index in [-0.39, 0.29) is 17.9 Å². The number of carbonyl (C=O) groups excluding carboxylic acids is 1. The predicted octanol–water partition coefficient (Wildman–Crippen LogP) is 1.63. The fourth-order valence-electron chi connectivity index (χ4n) is 1.51. The Morgan fingerprint density at radius 3 is 2.55 bits per heavy atom. The van der Waals surface area contributed by atoms with E-state index in [9.17, 15) is 14.7 Å². The third kappa shape index (κ3) is 3.88. The standard InChI is InChI=1S/C14H19NO5/c1-14(2,13(18)19)6-7-15-12(17)10-8-9(20-3)4-5-11(10)16/h4-5,8,16H,6-7H2,1-3H3,(H,15,17)(H,18,19). The van der Waals surface area contributed by atoms with Crippen LogP contribution in [-0.4, -0.2) is 35.7 Å². The number of ether oxygens (including phenoxy) is 1. The number of hydrogen-bond donors (Lipinski definition) is 3. The molecule has 0 fully saturated rings. The molecule has 0 aromatic heterocycles. The maximum atomic E-state index is 11.9. The molecule has 0 spiro atoms. The highest BCUT2D eigenvalue weighted by Gasteiger charge is 2.26. The number of aliphatic carboxylic acids is 1. The van der Waals surface area contributed by atoms with Crippen molar-refractivity contribution in [3.63, 3.8) is 0 Å². The van der Waals surface area contributed by atoms with Crippen LogP contribution < -0.4 is 10.1 Å². The van der Waals surface area contributed by atoms with Crippen LogP contribution in [-0.2, 0) is 4.79 Å². The number of carbonyl (C=O) groups is 2. The van der Waals surface area contributed by atoms with E-state index in [0.717, 1.165) is 0 Å². The Balaban J connectivity index is 2.66. The second kappa shape index (κ2) is 6.27. The van der Waals surface area contributed by atoms with Gasteiger partial charge in [0.15, 0.2) is 0 Å². The number of carboxylic acids is 1. The van der Waals surface area contributed by atoms with Crippen molar-refractivity contribution in [3.05, 3.63) is 23.8 Å². The van der Waals surface area contributed by atoms with Gasteiger partial charge in [-0.1, -0.05) is 0 Å². The maximum Gasteiger partial charge on any atom is 0.309 e. The largest absolute Gasteiger partial charge is 0.507 e. The van der Waals surface area contributed by atoms with Gasteiger partial charge in [-0.25, -0.2) is 0 Å². The van der Waals surface area contributed by atoms with E-state index in [1.165, 1.54) is 19.2 Å². The fraction of sp³-hybridized carbons (Fsp3) is 0.429. The summed E-state index contributed by atoms with van der Waals surface area (Å²) in [5.41, 5.74) is -0.818. The van der Waals surface area contributed by atoms with Gasteiger partial charge in [-0.2, -0.15) is 0 Å². The van der Waals surface area contributed by atoms with Crippen LogP contribution >= 0.6 is 0 Å². The summed E-state index contributed by atoms with van der Waals surface area (Å²) in [4.78, 5) is 22.9. The van der Waals surface area contributed by atoms with Gasteiger partial charge in [0.25, 0.3) is 5.91 Å². The van der Waals surface area contributed by atoms with Crippen LogP contribution in [0.2, 0.25) is 0 Å². The molecule has 0 atom stereocenters. The van der Waals surface area contributed by atoms with Crippen molar-refractivity contribution in [1.82, 2.24) is 5.32 Å². The zero-order chi connectivity index (χ0) is 15.3. The molecule has 0 saturated carbocycles. The molecule has 0 bridgehead atoms. The number of phenols is 1. The van der Waals surface area contributed by atoms with Crippen LogP contribution in [0.1, 0.15) is 30.6 Å². The lowest BCUT2D eigenvalue weighted by Gasteiger charge is -2.19. The third-order valence-electron chi connectivity index (χ3n) is 3.06. The fourth-order valence-corrected chi connectivity index (χ4v) is 1.51. The summed E-state index contributed by atoms with van der Waals surface area (Å²) in [6, 6.07) is 4.33. The summed E-state index contributed by atoms with van der Waals surface area (Å²) < 4.78 is 4.98. The Bertz CT molecular complexity index is 510. The molecule has 6 nitrogen and oxygen atoms in total. The molecule has 0 unspecified atom stereocenters. The molecule has 3 N–H and O–H groups in total. The molecule has 1 aromatic rings. The summed E-state index contributed by atoms with van der Waals surface area (Å²) in [6.45, 7) is 3.38. The maximum absolute atomic E-state index is 11.9. The first-order chi connectivity index (χ1) is 9.27. The molecule has 0 radical (unpaired) electrons. The number of carboxylic acid groups (broad SMARTS) is 1. The van der Waals surface area contributed by atoms with Crippen LogP contribution in [0.15, 0.2) is 18.2 Å². The van der Waals surface area contributed by atoms with Crippen molar-refractivity contribution >= 4 is 11.9 Å². The van der Waals surface area contributed by atoms with Gasteiger partial charge in [0.1, 0.15) is 11.5 Å². The molecule has 6 heteroatoms. The highest BCUT2D eigenvalue weighted by molar-refractivity contribution is 5.97. The number of nitrogens with one attached hydrogen (secondary N) is 1. The van der Waals surface area contributed by atoms with Gasteiger partial charge in [-0.3, -0.25) is 9.59 Å². The van der Waals surface area contributed by atoms with Crippen molar-refractivity contribution in [1.29, 1.82) is 0 Å². The van der Waals surface area contributed by atoms with Crippen molar-refractivity contribution < 1.29 is 24.5 Å². The number of aromatic hydroxyl groups is 1. The molecular weight excluding hydrogens is 262 g/mol. The van der Waals surface area contributed by atoms with E-state index in [0.29, 0.717) is 12.2 Å². The zero-order valence-electron chi connectivity index (χ0n) is 11.8. The van der Waals surface area contributed by atoms with Crippen molar-refractivity contribution in [3.8, 4) is 11.5 Å². The Labute approximate surface area is 117 Å². The molecule has 0 aliphatic heterocycles. The van der Waals surface area contributed by atoms with E-state index in [1.807, 2.05) is 0 Å². The first-order valence-electron chi connectivity index (χ1n) is 6.16. The minimum absolute atomic E-state index is 0.0949. The van der Waals surface area contributed by atoms with E-state index in [2.05, 4.69) is 5.32 Å². The van der Waals surface area contributed by atoms with E-state index < -0.39 is 17.3 Å². The topological polar surface area (TPSA) is 95.9 Å². The SMILES string of the molecule is COc1ccc(O)c(C(=O)NCCC(C)(C)C(=O)O)c1. The molecule has 0 heterocycles. The number of rotatable bonds is 6. The van der Waals surface area contributed by atoms with Gasteiger partial charge in [-0.15, -0.1) is 0 Å². The lowest BCUT2D eigenvalue weighted by atomic mass is 9.90. The highest BCUT2D eigenvalue weighted by Crippen LogP contribution is 2.23. The summed E-state index contributed by atoms with van der Waals surface area (Å²) in [7, 11) is 1.46. The van der Waals surface area contributed by atoms with Gasteiger partial charge < -0.3 is 20.3 Å². The van der Waals surface area contributed by atoms with Crippen LogP contribution in [0, 0.1) is 5.41 Å². The zero-order valence-corrected chi connectivity index (χ0v) is 11.8. The number of amides is 1. The molecule has 1 amide bonds. The second-order valence-electron chi connectivity index (χ2n) is 5.08. The average Bonchev–Trinajstić information content (AvgIpc) is 2.38. The first-order valence-corrected chi connectivity index (χ1v) is 6.16. The molecule has 0 aliphatic rings. The van der Waals surface area contributed by atoms with E-state index >= 15 is 0 Å². The highest BCUT2D eigenvalue weighted by atomic mass is 16.5. The Hall–Kier alpha value is -2.24. The lowest BCUT2D eigenvalue weighted by Crippen LogP contribution is -2.32. The summed E-state index contributed by atoms with van der Waals surface area (Å²) in [5, 5.41) is 21.2. The molecule has 1 aromatic carbocycles. The van der Waals surface area contributed by atoms with E-state index in [1.54, 1.807) is 19.9 Å². The van der Waals surface area contributed by atoms with Gasteiger partial charge in [0, 0.05) is 6.54 Å². The monoisotopic (exact) mass is 281 g/mol. The predicted molar refractivity (Wildman–Crippen MR) is 73.0 cm³/mol. The Morgan fingerprint density at radius 2 is 2.00 bits per heavy atom. The normalized spacial score (nSPS) is 10.9. The van der Waals surface area contributed by atoms with Crippen molar-refractivity contribution in [2.45, 2.75) is 20.3 Å². The molecule has 20 heavy (non-hydrogen) atoms. The molecule has 1 rings (SSSR count). The average molecular weight is 281 g/mol. The summed E-state index contributed by atoms with van der Waals surface area (Å²) in [5.74, 6) is -1.09. The number of methoxy groups -OCH3 is 1. The molecule has 110 valence electrons. The van der Waals surface area contributed by atoms with E-state index in [4.69, 9.17) is 9.84 Å². The van der Waals surface area contributed by atoms with Crippen molar-refractivity contribution in [2.24, 2.45) is 5.41 Å². The smallest absolute Gasteiger partial charge is 0.309 e. The molecule has 0 saturated heterocycles. The number of phenolic OH excluding ortho intramolecular Hbond substituents is 1.